The predicted molar refractivity (Wildman–Crippen MR) is 136 cm³/mol. The minimum atomic E-state index is -3.29. The fourth-order valence-corrected chi connectivity index (χ4v) is 4.58. The van der Waals surface area contributed by atoms with E-state index in [0.29, 0.717) is 34.0 Å². The van der Waals surface area contributed by atoms with Gasteiger partial charge in [0.05, 0.1) is 22.4 Å². The standard InChI is InChI=1S/C24H31Cl3O5S/c1-5-33(29,30)15-19(28)14-32-23-9-7-18(11-21(23)27)24(3,4)17-6-8-22(20(26)10-17)31-13-16(2)12-25/h6-11,16,19,28H,5,12-15H2,1-4H3/t16-,19+/m0/s1. The van der Waals surface area contributed by atoms with Gasteiger partial charge in [-0.15, -0.1) is 11.6 Å². The van der Waals surface area contributed by atoms with Gasteiger partial charge in [0, 0.05) is 23.0 Å². The lowest BCUT2D eigenvalue weighted by atomic mass is 9.78. The Kier molecular flexibility index (Phi) is 10.2. The monoisotopic (exact) mass is 536 g/mol. The van der Waals surface area contributed by atoms with Gasteiger partial charge >= 0.3 is 0 Å². The van der Waals surface area contributed by atoms with Crippen LogP contribution in [0.15, 0.2) is 36.4 Å². The third kappa shape index (κ3) is 7.93. The van der Waals surface area contributed by atoms with Gasteiger partial charge in [-0.1, -0.05) is 63.0 Å². The lowest BCUT2D eigenvalue weighted by molar-refractivity contribution is 0.125. The van der Waals surface area contributed by atoms with Crippen molar-refractivity contribution in [3.63, 3.8) is 0 Å². The average molecular weight is 538 g/mol. The number of benzene rings is 2. The summed E-state index contributed by atoms with van der Waals surface area (Å²) in [6.07, 6.45) is -1.13. The maximum atomic E-state index is 11.6. The van der Waals surface area contributed by atoms with E-state index >= 15 is 0 Å². The van der Waals surface area contributed by atoms with E-state index in [-0.39, 0.29) is 24.0 Å². The number of rotatable bonds is 12. The summed E-state index contributed by atoms with van der Waals surface area (Å²) in [6.45, 7) is 7.98. The van der Waals surface area contributed by atoms with Crippen molar-refractivity contribution in [1.82, 2.24) is 0 Å². The molecule has 2 atom stereocenters. The van der Waals surface area contributed by atoms with Crippen LogP contribution in [0.1, 0.15) is 38.8 Å². The van der Waals surface area contributed by atoms with Crippen molar-refractivity contribution >= 4 is 44.6 Å². The van der Waals surface area contributed by atoms with E-state index in [1.54, 1.807) is 12.1 Å². The molecule has 0 saturated heterocycles. The smallest absolute Gasteiger partial charge is 0.152 e. The molecular weight excluding hydrogens is 507 g/mol. The summed E-state index contributed by atoms with van der Waals surface area (Å²) >= 11 is 18.7. The molecule has 0 fully saturated rings. The van der Waals surface area contributed by atoms with Gasteiger partial charge in [-0.3, -0.25) is 0 Å². The number of sulfone groups is 1. The summed E-state index contributed by atoms with van der Waals surface area (Å²) in [5.74, 6) is 1.34. The van der Waals surface area contributed by atoms with Crippen LogP contribution in [0.4, 0.5) is 0 Å². The Balaban J connectivity index is 2.13. The Morgan fingerprint density at radius 2 is 1.45 bits per heavy atom. The van der Waals surface area contributed by atoms with Crippen molar-refractivity contribution in [2.24, 2.45) is 5.92 Å². The van der Waals surface area contributed by atoms with Gasteiger partial charge < -0.3 is 14.6 Å². The highest BCUT2D eigenvalue weighted by molar-refractivity contribution is 7.91. The summed E-state index contributed by atoms with van der Waals surface area (Å²) in [5.41, 5.74) is 1.51. The molecule has 2 aromatic carbocycles. The van der Waals surface area contributed by atoms with Gasteiger partial charge in [-0.05, 0) is 35.4 Å². The van der Waals surface area contributed by atoms with Crippen molar-refractivity contribution in [3.05, 3.63) is 57.6 Å². The largest absolute Gasteiger partial charge is 0.492 e. The zero-order valence-electron chi connectivity index (χ0n) is 19.3. The van der Waals surface area contributed by atoms with Crippen molar-refractivity contribution in [1.29, 1.82) is 0 Å². The molecule has 0 amide bonds. The lowest BCUT2D eigenvalue weighted by Crippen LogP contribution is -2.28. The Hall–Kier alpha value is -1.18. The third-order valence-corrected chi connectivity index (χ3v) is 8.30. The maximum Gasteiger partial charge on any atom is 0.152 e. The highest BCUT2D eigenvalue weighted by Gasteiger charge is 2.25. The molecule has 0 aliphatic rings. The fraction of sp³-hybridized carbons (Fsp3) is 0.500. The number of hydrogen-bond acceptors (Lipinski definition) is 5. The number of ether oxygens (including phenoxy) is 2. The molecule has 184 valence electrons. The highest BCUT2D eigenvalue weighted by atomic mass is 35.5. The molecule has 33 heavy (non-hydrogen) atoms. The maximum absolute atomic E-state index is 11.6. The van der Waals surface area contributed by atoms with Crippen molar-refractivity contribution in [3.8, 4) is 11.5 Å². The molecule has 0 spiro atoms. The normalized spacial score (nSPS) is 14.1. The van der Waals surface area contributed by atoms with Crippen LogP contribution in [-0.4, -0.2) is 50.2 Å². The average Bonchev–Trinajstić information content (AvgIpc) is 2.76. The van der Waals surface area contributed by atoms with Crippen LogP contribution in [0.25, 0.3) is 0 Å². The quantitative estimate of drug-likeness (QED) is 0.349. The van der Waals surface area contributed by atoms with E-state index in [1.807, 2.05) is 31.2 Å². The lowest BCUT2D eigenvalue weighted by Gasteiger charge is -2.27. The highest BCUT2D eigenvalue weighted by Crippen LogP contribution is 2.38. The van der Waals surface area contributed by atoms with Gasteiger partial charge in [0.1, 0.15) is 24.2 Å². The second-order valence-corrected chi connectivity index (χ2v) is 12.2. The van der Waals surface area contributed by atoms with Crippen LogP contribution in [0.2, 0.25) is 10.0 Å². The second-order valence-electron chi connectivity index (χ2n) is 8.65. The van der Waals surface area contributed by atoms with Crippen LogP contribution in [0.3, 0.4) is 0 Å². The molecular formula is C24H31Cl3O5S. The summed E-state index contributed by atoms with van der Waals surface area (Å²) in [7, 11) is -3.29. The summed E-state index contributed by atoms with van der Waals surface area (Å²) < 4.78 is 34.6. The molecule has 0 aliphatic carbocycles. The molecule has 2 rings (SSSR count). The van der Waals surface area contributed by atoms with Crippen LogP contribution in [-0.2, 0) is 15.3 Å². The topological polar surface area (TPSA) is 72.8 Å². The SMILES string of the molecule is CCS(=O)(=O)C[C@H](O)COc1ccc(C(C)(C)c2ccc(OC[C@@H](C)CCl)c(Cl)c2)cc1Cl. The van der Waals surface area contributed by atoms with Gasteiger partial charge in [-0.2, -0.15) is 0 Å². The van der Waals surface area contributed by atoms with E-state index in [0.717, 1.165) is 11.1 Å². The van der Waals surface area contributed by atoms with E-state index < -0.39 is 21.4 Å². The Bertz CT molecular complexity index is 1040. The first-order valence-corrected chi connectivity index (χ1v) is 13.8. The molecule has 0 unspecified atom stereocenters. The summed E-state index contributed by atoms with van der Waals surface area (Å²) in [4.78, 5) is 0. The summed E-state index contributed by atoms with van der Waals surface area (Å²) in [5, 5.41) is 10.8. The Morgan fingerprint density at radius 1 is 0.970 bits per heavy atom. The minimum absolute atomic E-state index is 0.0295. The molecule has 1 N–H and O–H groups in total. The number of halogens is 3. The van der Waals surface area contributed by atoms with Crippen LogP contribution in [0, 0.1) is 5.92 Å². The van der Waals surface area contributed by atoms with E-state index in [9.17, 15) is 13.5 Å². The first-order valence-electron chi connectivity index (χ1n) is 10.7. The summed E-state index contributed by atoms with van der Waals surface area (Å²) in [6, 6.07) is 11.1. The second kappa shape index (κ2) is 12.0. The number of alkyl halides is 1. The van der Waals surface area contributed by atoms with Gasteiger partial charge in [0.25, 0.3) is 0 Å². The molecule has 0 heterocycles. The number of hydrogen-bond donors (Lipinski definition) is 1. The molecule has 0 bridgehead atoms. The molecule has 0 saturated carbocycles. The first-order chi connectivity index (χ1) is 15.4. The number of aliphatic hydroxyl groups excluding tert-OH is 1. The number of aliphatic hydroxyl groups is 1. The first kappa shape index (κ1) is 28.1. The van der Waals surface area contributed by atoms with Gasteiger partial charge in [0.2, 0.25) is 0 Å². The minimum Gasteiger partial charge on any atom is -0.492 e. The van der Waals surface area contributed by atoms with E-state index in [2.05, 4.69) is 13.8 Å². The third-order valence-electron chi connectivity index (χ3n) is 5.41. The van der Waals surface area contributed by atoms with E-state index in [1.165, 1.54) is 6.92 Å². The molecule has 5 nitrogen and oxygen atoms in total. The molecule has 2 aromatic rings. The zero-order valence-corrected chi connectivity index (χ0v) is 22.4. The van der Waals surface area contributed by atoms with Crippen molar-refractivity contribution in [2.45, 2.75) is 39.2 Å². The molecule has 0 radical (unpaired) electrons. The Labute approximate surface area is 211 Å². The predicted octanol–water partition coefficient (Wildman–Crippen LogP) is 5.75. The molecule has 0 aliphatic heterocycles. The Morgan fingerprint density at radius 3 is 1.88 bits per heavy atom. The van der Waals surface area contributed by atoms with Crippen molar-refractivity contribution in [2.75, 3.05) is 30.6 Å². The van der Waals surface area contributed by atoms with Crippen molar-refractivity contribution < 1.29 is 23.0 Å². The zero-order chi connectivity index (χ0) is 24.8. The van der Waals surface area contributed by atoms with Crippen LogP contribution in [0.5, 0.6) is 11.5 Å². The fourth-order valence-electron chi connectivity index (χ4n) is 3.10. The van der Waals surface area contributed by atoms with Crippen LogP contribution < -0.4 is 9.47 Å². The van der Waals surface area contributed by atoms with Gasteiger partial charge in [0.15, 0.2) is 9.84 Å². The molecule has 9 heteroatoms. The van der Waals surface area contributed by atoms with E-state index in [4.69, 9.17) is 44.3 Å². The van der Waals surface area contributed by atoms with Crippen LogP contribution >= 0.6 is 34.8 Å². The molecule has 0 aromatic heterocycles. The van der Waals surface area contributed by atoms with Gasteiger partial charge in [-0.25, -0.2) is 8.42 Å².